The number of aryl methyl sites for hydroxylation is 1. The lowest BCUT2D eigenvalue weighted by molar-refractivity contribution is -0.274. The van der Waals surface area contributed by atoms with Crippen LogP contribution in [0.15, 0.2) is 133 Å². The molecule has 14 heteroatoms. The van der Waals surface area contributed by atoms with Crippen LogP contribution in [0.5, 0.6) is 5.75 Å². The number of hydrogen-bond donors (Lipinski definition) is 0. The van der Waals surface area contributed by atoms with Crippen molar-refractivity contribution < 1.29 is 17.9 Å². The summed E-state index contributed by atoms with van der Waals surface area (Å²) in [5, 5.41) is 108. The van der Waals surface area contributed by atoms with Gasteiger partial charge in [-0.2, -0.15) is 52.6 Å². The number of allylic oxidation sites excluding steroid dienone is 8. The van der Waals surface area contributed by atoms with Crippen LogP contribution in [-0.4, -0.2) is 6.36 Å². The third-order valence-corrected chi connectivity index (χ3v) is 12.7. The maximum atomic E-state index is 13.6. The van der Waals surface area contributed by atoms with Crippen LogP contribution in [0.1, 0.15) is 83.5 Å². The van der Waals surface area contributed by atoms with Gasteiger partial charge in [0.1, 0.15) is 30.0 Å². The second-order valence-corrected chi connectivity index (χ2v) is 17.1. The number of alkyl halides is 3. The Hall–Kier alpha value is -12.0. The molecule has 350 valence electrons. The smallest absolute Gasteiger partial charge is 0.406 e. The lowest BCUT2D eigenvalue weighted by Crippen LogP contribution is -2.17. The molecule has 11 nitrogen and oxygen atoms in total. The Morgan fingerprint density at radius 2 is 0.697 bits per heavy atom. The summed E-state index contributed by atoms with van der Waals surface area (Å²) in [5.74, 6) is -0.612. The quantitative estimate of drug-likeness (QED) is 0.136. The SMILES string of the molecule is Cc1ccc(C2=C(C#N)c3c(c(-c4ccc(C#N)cc4)c4c(c3-c3ccc(C#N)cc3)C(C#N)=C(c3ccc(OC(F)(F)F)cc3)/C4=C(/C#N)c3cc(C#N)cc(C#N)c3)/C2=C(\C#N)c2cc(C#N)cc(C#N)c2)cc1. The largest absolute Gasteiger partial charge is 0.573 e. The first kappa shape index (κ1) is 49.0. The first-order valence-corrected chi connectivity index (χ1v) is 22.5. The molecule has 0 aromatic heterocycles. The molecule has 0 fully saturated rings. The number of halogens is 3. The molecule has 7 aromatic rings. The van der Waals surface area contributed by atoms with Gasteiger partial charge in [-0.15, -0.1) is 13.2 Å². The highest BCUT2D eigenvalue weighted by Gasteiger charge is 2.44. The molecule has 0 aliphatic heterocycles. The zero-order valence-electron chi connectivity index (χ0n) is 39.2. The van der Waals surface area contributed by atoms with Gasteiger partial charge in [-0.3, -0.25) is 0 Å². The van der Waals surface area contributed by atoms with Crippen molar-refractivity contribution in [3.05, 3.63) is 217 Å². The molecule has 0 saturated heterocycles. The van der Waals surface area contributed by atoms with E-state index in [-0.39, 0.29) is 128 Å². The summed E-state index contributed by atoms with van der Waals surface area (Å²) < 4.78 is 45.1. The molecule has 2 aliphatic carbocycles. The normalized spacial score (nSPS) is 13.3. The van der Waals surface area contributed by atoms with Gasteiger partial charge < -0.3 is 4.74 Å². The van der Waals surface area contributed by atoms with Crippen LogP contribution in [0.2, 0.25) is 0 Å². The van der Waals surface area contributed by atoms with Crippen molar-refractivity contribution in [1.82, 2.24) is 0 Å². The van der Waals surface area contributed by atoms with Crippen LogP contribution >= 0.6 is 0 Å². The number of nitriles is 10. The zero-order valence-corrected chi connectivity index (χ0v) is 39.2. The zero-order chi connectivity index (χ0) is 54.0. The van der Waals surface area contributed by atoms with Crippen molar-refractivity contribution in [3.8, 4) is 88.7 Å². The topological polar surface area (TPSA) is 247 Å². The monoisotopic (exact) mass is 982 g/mol. The lowest BCUT2D eigenvalue weighted by Gasteiger charge is -2.24. The van der Waals surface area contributed by atoms with E-state index in [0.29, 0.717) is 16.7 Å². The highest BCUT2D eigenvalue weighted by molar-refractivity contribution is 6.39. The van der Waals surface area contributed by atoms with E-state index in [4.69, 9.17) is 0 Å². The summed E-state index contributed by atoms with van der Waals surface area (Å²) in [6, 6.07) is 54.0. The second kappa shape index (κ2) is 19.6. The van der Waals surface area contributed by atoms with Gasteiger partial charge in [0.2, 0.25) is 0 Å². The highest BCUT2D eigenvalue weighted by atomic mass is 19.4. The minimum absolute atomic E-state index is 0.00499. The van der Waals surface area contributed by atoms with E-state index in [1.807, 2.05) is 19.1 Å². The van der Waals surface area contributed by atoms with Gasteiger partial charge in [0.05, 0.1) is 92.1 Å². The van der Waals surface area contributed by atoms with Crippen molar-refractivity contribution in [3.63, 3.8) is 0 Å². The molecule has 0 N–H and O–H groups in total. The van der Waals surface area contributed by atoms with E-state index in [1.165, 1.54) is 72.8 Å². The third kappa shape index (κ3) is 8.47. The van der Waals surface area contributed by atoms with Crippen molar-refractivity contribution in [2.75, 3.05) is 0 Å². The molecule has 0 amide bonds. The molecule has 7 aromatic carbocycles. The third-order valence-electron chi connectivity index (χ3n) is 12.7. The number of fused-ring (bicyclic) bond motifs is 2. The standard InChI is InChI=1S/C62H25F3N10O/c1-34-2-8-41(9-3-34)52-50(32-74)58-54(43-10-4-35(24-66)5-11-43)59-51(33-75)53(42-14-16-47(17-15-42)76-62(63,64)65)57(49(31-73)46-22-39(28-70)19-40(23-46)29-71)61(59)55(44-12-6-36(25-67)7-13-44)60(58)56(52)48(30-72)45-20-37(26-68)18-38(21-45)27-69/h2-23H,1H3/b56-48+,57-49+. The number of rotatable bonds is 7. The van der Waals surface area contributed by atoms with Crippen LogP contribution < -0.4 is 4.74 Å². The minimum Gasteiger partial charge on any atom is -0.406 e. The lowest BCUT2D eigenvalue weighted by atomic mass is 9.77. The van der Waals surface area contributed by atoms with Crippen LogP contribution in [0, 0.1) is 120 Å². The molecule has 0 bridgehead atoms. The first-order valence-electron chi connectivity index (χ1n) is 22.5. The van der Waals surface area contributed by atoms with E-state index >= 15 is 0 Å². The molecular formula is C62H25F3N10O. The molecule has 0 unspecified atom stereocenters. The molecule has 0 spiro atoms. The number of benzene rings is 7. The maximum Gasteiger partial charge on any atom is 0.573 e. The fourth-order valence-corrected chi connectivity index (χ4v) is 9.68. The average Bonchev–Trinajstić information content (AvgIpc) is 4.11. The molecule has 0 atom stereocenters. The average molecular weight is 983 g/mol. The summed E-state index contributed by atoms with van der Waals surface area (Å²) in [5.41, 5.74) is 3.36. The van der Waals surface area contributed by atoms with Gasteiger partial charge in [0.25, 0.3) is 0 Å². The summed E-state index contributed by atoms with van der Waals surface area (Å²) in [6.45, 7) is 1.86. The summed E-state index contributed by atoms with van der Waals surface area (Å²) in [6.07, 6.45) is -5.08. The van der Waals surface area contributed by atoms with Crippen LogP contribution in [0.4, 0.5) is 13.2 Å². The molecular weight excluding hydrogens is 958 g/mol. The number of nitrogens with zero attached hydrogens (tertiary/aromatic N) is 10. The van der Waals surface area contributed by atoms with E-state index < -0.39 is 12.1 Å². The van der Waals surface area contributed by atoms with Crippen molar-refractivity contribution >= 4 is 44.6 Å². The van der Waals surface area contributed by atoms with Crippen molar-refractivity contribution in [2.24, 2.45) is 0 Å². The van der Waals surface area contributed by atoms with Gasteiger partial charge in [-0.25, -0.2) is 0 Å². The Balaban J connectivity index is 1.64. The van der Waals surface area contributed by atoms with Gasteiger partial charge in [-0.05, 0) is 119 Å². The Bertz CT molecular complexity index is 4250. The van der Waals surface area contributed by atoms with E-state index in [1.54, 1.807) is 48.5 Å². The fourth-order valence-electron chi connectivity index (χ4n) is 9.68. The molecule has 0 heterocycles. The van der Waals surface area contributed by atoms with Crippen molar-refractivity contribution in [2.45, 2.75) is 13.3 Å². The molecule has 76 heavy (non-hydrogen) atoms. The van der Waals surface area contributed by atoms with Crippen LogP contribution in [0.3, 0.4) is 0 Å². The van der Waals surface area contributed by atoms with Crippen LogP contribution in [-0.2, 0) is 0 Å². The second-order valence-electron chi connectivity index (χ2n) is 17.1. The van der Waals surface area contributed by atoms with Gasteiger partial charge in [0, 0.05) is 50.1 Å². The molecule has 0 saturated carbocycles. The van der Waals surface area contributed by atoms with Crippen molar-refractivity contribution in [1.29, 1.82) is 52.6 Å². The number of ether oxygens (including phenoxy) is 1. The summed E-state index contributed by atoms with van der Waals surface area (Å²) >= 11 is 0. The molecule has 0 radical (unpaired) electrons. The Labute approximate surface area is 432 Å². The Kier molecular flexibility index (Phi) is 12.7. The minimum atomic E-state index is -5.08. The van der Waals surface area contributed by atoms with E-state index in [9.17, 15) is 65.8 Å². The number of hydrogen-bond acceptors (Lipinski definition) is 11. The van der Waals surface area contributed by atoms with Crippen LogP contribution in [0.25, 0.3) is 66.8 Å². The fraction of sp³-hybridized carbons (Fsp3) is 0.0323. The predicted molar refractivity (Wildman–Crippen MR) is 272 cm³/mol. The molecule has 9 rings (SSSR count). The van der Waals surface area contributed by atoms with Gasteiger partial charge in [0.15, 0.2) is 0 Å². The molecule has 2 aliphatic rings. The van der Waals surface area contributed by atoms with Gasteiger partial charge in [-0.1, -0.05) is 66.2 Å². The Morgan fingerprint density at radius 1 is 0.368 bits per heavy atom. The van der Waals surface area contributed by atoms with E-state index in [0.717, 1.165) is 17.7 Å². The van der Waals surface area contributed by atoms with Gasteiger partial charge >= 0.3 is 6.36 Å². The van der Waals surface area contributed by atoms with E-state index in [2.05, 4.69) is 53.3 Å². The summed E-state index contributed by atoms with van der Waals surface area (Å²) in [4.78, 5) is 0. The first-order chi connectivity index (χ1) is 36.8. The highest BCUT2D eigenvalue weighted by Crippen LogP contribution is 2.63. The summed E-state index contributed by atoms with van der Waals surface area (Å²) in [7, 11) is 0. The maximum absolute atomic E-state index is 13.6. The predicted octanol–water partition coefficient (Wildman–Crippen LogP) is 13.2. The Morgan fingerprint density at radius 3 is 1.01 bits per heavy atom.